The third-order valence-corrected chi connectivity index (χ3v) is 3.69. The highest BCUT2D eigenvalue weighted by Crippen LogP contribution is 2.35. The van der Waals surface area contributed by atoms with Gasteiger partial charge in [0, 0.05) is 39.4 Å². The molecule has 17 heavy (non-hydrogen) atoms. The van der Waals surface area contributed by atoms with Crippen LogP contribution in [0.5, 0.6) is 0 Å². The average Bonchev–Trinajstić information content (AvgIpc) is 3.16. The standard InChI is InChI=1S/C13H28N2O2/c1-11(12-5-6-12)15(7-8-16-3)9-13(14-2)10-17-4/h11-14H,5-10H2,1-4H3. The number of likely N-dealkylation sites (N-methyl/N-ethyl adjacent to an activating group) is 1. The Morgan fingerprint density at radius 3 is 2.47 bits per heavy atom. The lowest BCUT2D eigenvalue weighted by atomic mass is 10.1. The summed E-state index contributed by atoms with van der Waals surface area (Å²) in [5, 5.41) is 3.32. The molecule has 0 saturated heterocycles. The van der Waals surface area contributed by atoms with Crippen molar-refractivity contribution in [1.29, 1.82) is 0 Å². The molecule has 1 fully saturated rings. The molecular formula is C13H28N2O2. The van der Waals surface area contributed by atoms with E-state index >= 15 is 0 Å². The highest BCUT2D eigenvalue weighted by molar-refractivity contribution is 4.86. The summed E-state index contributed by atoms with van der Waals surface area (Å²) in [6, 6.07) is 1.07. The van der Waals surface area contributed by atoms with Gasteiger partial charge in [0.1, 0.15) is 0 Å². The van der Waals surface area contributed by atoms with Gasteiger partial charge in [-0.2, -0.15) is 0 Å². The SMILES string of the molecule is CNC(COC)CN(CCOC)C(C)C1CC1. The zero-order valence-electron chi connectivity index (χ0n) is 11.7. The second kappa shape index (κ2) is 8.03. The fraction of sp³-hybridized carbons (Fsp3) is 1.00. The van der Waals surface area contributed by atoms with Crippen LogP contribution in [-0.2, 0) is 9.47 Å². The molecule has 0 aromatic carbocycles. The van der Waals surface area contributed by atoms with Crippen LogP contribution in [-0.4, -0.2) is 64.6 Å². The van der Waals surface area contributed by atoms with E-state index in [2.05, 4.69) is 17.1 Å². The van der Waals surface area contributed by atoms with Crippen LogP contribution in [0, 0.1) is 5.92 Å². The van der Waals surface area contributed by atoms with Gasteiger partial charge in [-0.15, -0.1) is 0 Å². The highest BCUT2D eigenvalue weighted by atomic mass is 16.5. The number of ether oxygens (including phenoxy) is 2. The molecule has 2 atom stereocenters. The Morgan fingerprint density at radius 1 is 1.29 bits per heavy atom. The van der Waals surface area contributed by atoms with E-state index in [9.17, 15) is 0 Å². The fourth-order valence-electron chi connectivity index (χ4n) is 2.26. The Kier molecular flexibility index (Phi) is 7.04. The lowest BCUT2D eigenvalue weighted by Crippen LogP contribution is -2.47. The molecule has 0 amide bonds. The monoisotopic (exact) mass is 244 g/mol. The zero-order chi connectivity index (χ0) is 12.7. The summed E-state index contributed by atoms with van der Waals surface area (Å²) < 4.78 is 10.4. The van der Waals surface area contributed by atoms with Crippen LogP contribution < -0.4 is 5.32 Å². The Hall–Kier alpha value is -0.160. The predicted molar refractivity (Wildman–Crippen MR) is 70.4 cm³/mol. The maximum atomic E-state index is 5.24. The van der Waals surface area contributed by atoms with Crippen LogP contribution in [0.25, 0.3) is 0 Å². The molecule has 0 spiro atoms. The number of hydrogen-bond donors (Lipinski definition) is 1. The van der Waals surface area contributed by atoms with Gasteiger partial charge < -0.3 is 14.8 Å². The molecule has 0 aromatic rings. The van der Waals surface area contributed by atoms with E-state index in [0.29, 0.717) is 12.1 Å². The zero-order valence-corrected chi connectivity index (χ0v) is 11.7. The van der Waals surface area contributed by atoms with E-state index in [4.69, 9.17) is 9.47 Å². The van der Waals surface area contributed by atoms with Gasteiger partial charge in [0.2, 0.25) is 0 Å². The van der Waals surface area contributed by atoms with E-state index in [1.807, 2.05) is 7.05 Å². The van der Waals surface area contributed by atoms with Crippen molar-refractivity contribution in [1.82, 2.24) is 10.2 Å². The number of nitrogens with zero attached hydrogens (tertiary/aromatic N) is 1. The molecule has 2 unspecified atom stereocenters. The highest BCUT2D eigenvalue weighted by Gasteiger charge is 2.32. The van der Waals surface area contributed by atoms with Crippen LogP contribution in [0.1, 0.15) is 19.8 Å². The van der Waals surface area contributed by atoms with E-state index in [1.54, 1.807) is 14.2 Å². The molecule has 4 nitrogen and oxygen atoms in total. The summed E-state index contributed by atoms with van der Waals surface area (Å²) in [4.78, 5) is 2.53. The van der Waals surface area contributed by atoms with E-state index in [-0.39, 0.29) is 0 Å². The molecule has 0 aliphatic heterocycles. The average molecular weight is 244 g/mol. The molecule has 4 heteroatoms. The van der Waals surface area contributed by atoms with Crippen molar-refractivity contribution in [2.75, 3.05) is 47.6 Å². The smallest absolute Gasteiger partial charge is 0.0628 e. The van der Waals surface area contributed by atoms with E-state index < -0.39 is 0 Å². The van der Waals surface area contributed by atoms with E-state index in [0.717, 1.165) is 32.2 Å². The Labute approximate surface area is 106 Å². The Balaban J connectivity index is 2.42. The minimum atomic E-state index is 0.401. The number of hydrogen-bond acceptors (Lipinski definition) is 4. The van der Waals surface area contributed by atoms with Crippen molar-refractivity contribution in [3.8, 4) is 0 Å². The van der Waals surface area contributed by atoms with Crippen molar-refractivity contribution in [2.24, 2.45) is 5.92 Å². The molecule has 1 rings (SSSR count). The van der Waals surface area contributed by atoms with Crippen molar-refractivity contribution >= 4 is 0 Å². The molecule has 0 bridgehead atoms. The minimum absolute atomic E-state index is 0.401. The quantitative estimate of drug-likeness (QED) is 0.621. The van der Waals surface area contributed by atoms with Crippen molar-refractivity contribution in [2.45, 2.75) is 31.8 Å². The topological polar surface area (TPSA) is 33.7 Å². The number of nitrogens with one attached hydrogen (secondary N) is 1. The maximum absolute atomic E-state index is 5.24. The lowest BCUT2D eigenvalue weighted by molar-refractivity contribution is 0.0891. The van der Waals surface area contributed by atoms with Crippen molar-refractivity contribution in [3.05, 3.63) is 0 Å². The fourth-order valence-corrected chi connectivity index (χ4v) is 2.26. The first-order valence-electron chi connectivity index (χ1n) is 6.62. The third kappa shape index (κ3) is 5.34. The summed E-state index contributed by atoms with van der Waals surface area (Å²) in [6.45, 7) is 5.95. The van der Waals surface area contributed by atoms with Gasteiger partial charge in [0.15, 0.2) is 0 Å². The summed E-state index contributed by atoms with van der Waals surface area (Å²) in [6.07, 6.45) is 2.78. The van der Waals surface area contributed by atoms with Gasteiger partial charge in [-0.05, 0) is 32.7 Å². The molecule has 0 radical (unpaired) electrons. The van der Waals surface area contributed by atoms with Gasteiger partial charge in [0.05, 0.1) is 13.2 Å². The van der Waals surface area contributed by atoms with Gasteiger partial charge >= 0.3 is 0 Å². The third-order valence-electron chi connectivity index (χ3n) is 3.69. The lowest BCUT2D eigenvalue weighted by Gasteiger charge is -2.32. The van der Waals surface area contributed by atoms with Crippen molar-refractivity contribution in [3.63, 3.8) is 0 Å². The maximum Gasteiger partial charge on any atom is 0.0628 e. The molecule has 0 heterocycles. The number of rotatable bonds is 10. The van der Waals surface area contributed by atoms with Gasteiger partial charge in [-0.25, -0.2) is 0 Å². The number of methoxy groups -OCH3 is 2. The molecule has 1 saturated carbocycles. The molecule has 0 aromatic heterocycles. The first-order chi connectivity index (χ1) is 8.22. The molecule has 1 aliphatic rings. The normalized spacial score (nSPS) is 19.6. The first kappa shape index (κ1) is 14.9. The minimum Gasteiger partial charge on any atom is -0.383 e. The molecule has 1 N–H and O–H groups in total. The van der Waals surface area contributed by atoms with E-state index in [1.165, 1.54) is 12.8 Å². The summed E-state index contributed by atoms with van der Waals surface area (Å²) >= 11 is 0. The van der Waals surface area contributed by atoms with Crippen LogP contribution in [0.15, 0.2) is 0 Å². The Morgan fingerprint density at radius 2 is 2.00 bits per heavy atom. The summed E-state index contributed by atoms with van der Waals surface area (Å²) in [5.41, 5.74) is 0. The van der Waals surface area contributed by atoms with Crippen molar-refractivity contribution < 1.29 is 9.47 Å². The Bertz CT molecular complexity index is 198. The molecular weight excluding hydrogens is 216 g/mol. The van der Waals surface area contributed by atoms with Crippen LogP contribution in [0.4, 0.5) is 0 Å². The molecule has 1 aliphatic carbocycles. The second-order valence-corrected chi connectivity index (χ2v) is 5.01. The second-order valence-electron chi connectivity index (χ2n) is 5.01. The van der Waals surface area contributed by atoms with Gasteiger partial charge in [-0.1, -0.05) is 0 Å². The summed E-state index contributed by atoms with van der Waals surface area (Å²) in [7, 11) is 5.53. The van der Waals surface area contributed by atoms with Gasteiger partial charge in [0.25, 0.3) is 0 Å². The van der Waals surface area contributed by atoms with Crippen LogP contribution in [0.3, 0.4) is 0 Å². The first-order valence-corrected chi connectivity index (χ1v) is 6.62. The predicted octanol–water partition coefficient (Wildman–Crippen LogP) is 0.968. The molecule has 102 valence electrons. The van der Waals surface area contributed by atoms with Crippen LogP contribution in [0.2, 0.25) is 0 Å². The summed E-state index contributed by atoms with van der Waals surface area (Å²) in [5.74, 6) is 0.895. The van der Waals surface area contributed by atoms with Gasteiger partial charge in [-0.3, -0.25) is 4.90 Å². The van der Waals surface area contributed by atoms with Crippen LogP contribution >= 0.6 is 0 Å². The largest absolute Gasteiger partial charge is 0.383 e.